The van der Waals surface area contributed by atoms with Gasteiger partial charge in [0.2, 0.25) is 11.8 Å². The van der Waals surface area contributed by atoms with E-state index in [0.29, 0.717) is 37.4 Å². The lowest BCUT2D eigenvalue weighted by molar-refractivity contribution is -0.134. The predicted octanol–water partition coefficient (Wildman–Crippen LogP) is 3.18. The molecule has 3 saturated heterocycles. The average molecular weight is 432 g/mol. The Bertz CT molecular complexity index is 858. The summed E-state index contributed by atoms with van der Waals surface area (Å²) in [5.74, 6) is -1.45. The van der Waals surface area contributed by atoms with Crippen molar-refractivity contribution in [3.63, 3.8) is 0 Å². The number of nitrogens with one attached hydrogen (secondary N) is 1. The zero-order chi connectivity index (χ0) is 22.0. The van der Waals surface area contributed by atoms with Crippen molar-refractivity contribution in [1.82, 2.24) is 10.2 Å². The third-order valence-electron chi connectivity index (χ3n) is 6.81. The van der Waals surface area contributed by atoms with Crippen LogP contribution in [0.4, 0.5) is 14.9 Å². The zero-order valence-corrected chi connectivity index (χ0v) is 18.0. The van der Waals surface area contributed by atoms with Crippen molar-refractivity contribution < 1.29 is 23.5 Å². The second kappa shape index (κ2) is 8.85. The molecular weight excluding hydrogens is 401 g/mol. The zero-order valence-electron chi connectivity index (χ0n) is 18.0. The highest BCUT2D eigenvalue weighted by Gasteiger charge is 2.47. The smallest absolute Gasteiger partial charge is 0.409 e. The molecule has 0 saturated carbocycles. The maximum absolute atomic E-state index is 14.9. The van der Waals surface area contributed by atoms with E-state index in [2.05, 4.69) is 12.2 Å². The number of unbranched alkanes of at least 4 members (excludes halogenated alkanes) is 1. The third kappa shape index (κ3) is 4.52. The SMILES string of the molecule is CCCCOC(=O)N1CC2(CCN(c3ccc(C4CCC(=O)NC4=O)cc3F)CC2)C1. The number of halogens is 1. The largest absolute Gasteiger partial charge is 0.449 e. The molecule has 1 unspecified atom stereocenters. The molecule has 3 fully saturated rings. The first kappa shape index (κ1) is 21.6. The molecular formula is C23H30FN3O4. The van der Waals surface area contributed by atoms with Gasteiger partial charge < -0.3 is 14.5 Å². The molecule has 1 spiro atoms. The maximum Gasteiger partial charge on any atom is 0.409 e. The second-order valence-electron chi connectivity index (χ2n) is 9.03. The summed E-state index contributed by atoms with van der Waals surface area (Å²) in [4.78, 5) is 39.3. The van der Waals surface area contributed by atoms with Gasteiger partial charge in [-0.25, -0.2) is 9.18 Å². The minimum Gasteiger partial charge on any atom is -0.449 e. The maximum atomic E-state index is 14.9. The van der Waals surface area contributed by atoms with Gasteiger partial charge in [-0.15, -0.1) is 0 Å². The number of benzene rings is 1. The number of piperidine rings is 2. The summed E-state index contributed by atoms with van der Waals surface area (Å²) < 4.78 is 20.2. The number of nitrogens with zero attached hydrogens (tertiary/aromatic N) is 2. The Labute approximate surface area is 181 Å². The van der Waals surface area contributed by atoms with Crippen LogP contribution < -0.4 is 10.2 Å². The van der Waals surface area contributed by atoms with Gasteiger partial charge in [-0.3, -0.25) is 14.9 Å². The van der Waals surface area contributed by atoms with Gasteiger partial charge in [0.05, 0.1) is 18.2 Å². The number of likely N-dealkylation sites (tertiary alicyclic amines) is 1. The molecule has 8 heteroatoms. The predicted molar refractivity (Wildman–Crippen MR) is 113 cm³/mol. The first-order valence-electron chi connectivity index (χ1n) is 11.2. The minimum absolute atomic E-state index is 0.115. The summed E-state index contributed by atoms with van der Waals surface area (Å²) in [7, 11) is 0. The number of hydrogen-bond donors (Lipinski definition) is 1. The summed E-state index contributed by atoms with van der Waals surface area (Å²) in [6.45, 7) is 5.42. The molecule has 3 aliphatic rings. The van der Waals surface area contributed by atoms with E-state index in [-0.39, 0.29) is 35.6 Å². The Morgan fingerprint density at radius 3 is 2.65 bits per heavy atom. The van der Waals surface area contributed by atoms with E-state index in [9.17, 15) is 18.8 Å². The van der Waals surface area contributed by atoms with Gasteiger partial charge in [0, 0.05) is 38.0 Å². The lowest BCUT2D eigenvalue weighted by Gasteiger charge is -2.53. The van der Waals surface area contributed by atoms with E-state index < -0.39 is 5.92 Å². The van der Waals surface area contributed by atoms with Crippen molar-refractivity contribution in [3.8, 4) is 0 Å². The van der Waals surface area contributed by atoms with Crippen molar-refractivity contribution in [1.29, 1.82) is 0 Å². The average Bonchev–Trinajstić information content (AvgIpc) is 2.72. The van der Waals surface area contributed by atoms with E-state index in [1.165, 1.54) is 6.07 Å². The Kier molecular flexibility index (Phi) is 6.16. The van der Waals surface area contributed by atoms with Crippen LogP contribution in [-0.4, -0.2) is 55.6 Å². The minimum atomic E-state index is -0.482. The van der Waals surface area contributed by atoms with Gasteiger partial charge in [0.25, 0.3) is 0 Å². The molecule has 3 heterocycles. The number of carbonyl (C=O) groups is 3. The van der Waals surface area contributed by atoms with E-state index in [4.69, 9.17) is 4.74 Å². The van der Waals surface area contributed by atoms with Crippen LogP contribution in [0.2, 0.25) is 0 Å². The van der Waals surface area contributed by atoms with Crippen molar-refractivity contribution in [3.05, 3.63) is 29.6 Å². The van der Waals surface area contributed by atoms with Gasteiger partial charge >= 0.3 is 6.09 Å². The fourth-order valence-corrected chi connectivity index (χ4v) is 4.83. The van der Waals surface area contributed by atoms with Gasteiger partial charge in [-0.05, 0) is 43.4 Å². The first-order valence-corrected chi connectivity index (χ1v) is 11.2. The molecule has 0 aromatic heterocycles. The standard InChI is InChI=1S/C23H30FN3O4/c1-2-3-12-31-22(30)27-14-23(15-27)8-10-26(11-9-23)19-6-4-16(13-18(19)24)17-5-7-20(28)25-21(17)29/h4,6,13,17H,2-3,5,7-12,14-15H2,1H3,(H,25,28,29). The molecule has 0 aliphatic carbocycles. The van der Waals surface area contributed by atoms with Gasteiger partial charge in [0.15, 0.2) is 0 Å². The summed E-state index contributed by atoms with van der Waals surface area (Å²) >= 11 is 0. The number of amides is 3. The molecule has 31 heavy (non-hydrogen) atoms. The topological polar surface area (TPSA) is 79.0 Å². The van der Waals surface area contributed by atoms with Crippen LogP contribution in [0.5, 0.6) is 0 Å². The molecule has 0 bridgehead atoms. The molecule has 1 N–H and O–H groups in total. The summed E-state index contributed by atoms with van der Waals surface area (Å²) in [5, 5.41) is 2.33. The third-order valence-corrected chi connectivity index (χ3v) is 6.81. The number of hydrogen-bond acceptors (Lipinski definition) is 5. The Morgan fingerprint density at radius 1 is 1.26 bits per heavy atom. The highest BCUT2D eigenvalue weighted by atomic mass is 19.1. The van der Waals surface area contributed by atoms with Crippen LogP contribution in [0, 0.1) is 11.2 Å². The Morgan fingerprint density at radius 2 is 2.00 bits per heavy atom. The van der Waals surface area contributed by atoms with Crippen LogP contribution in [0.25, 0.3) is 0 Å². The van der Waals surface area contributed by atoms with Gasteiger partial charge in [-0.2, -0.15) is 0 Å². The van der Waals surface area contributed by atoms with Crippen LogP contribution >= 0.6 is 0 Å². The van der Waals surface area contributed by atoms with Crippen LogP contribution in [0.15, 0.2) is 18.2 Å². The highest BCUT2D eigenvalue weighted by Crippen LogP contribution is 2.42. The van der Waals surface area contributed by atoms with E-state index in [1.807, 2.05) is 4.90 Å². The van der Waals surface area contributed by atoms with E-state index >= 15 is 0 Å². The normalized spacial score (nSPS) is 22.8. The van der Waals surface area contributed by atoms with Gasteiger partial charge in [-0.1, -0.05) is 19.4 Å². The van der Waals surface area contributed by atoms with Crippen molar-refractivity contribution in [2.45, 2.75) is 51.4 Å². The molecule has 1 aromatic rings. The number of ether oxygens (including phenoxy) is 1. The van der Waals surface area contributed by atoms with E-state index in [1.54, 1.807) is 17.0 Å². The van der Waals surface area contributed by atoms with Crippen molar-refractivity contribution in [2.24, 2.45) is 5.41 Å². The van der Waals surface area contributed by atoms with Crippen LogP contribution in [-0.2, 0) is 14.3 Å². The molecule has 7 nitrogen and oxygen atoms in total. The Balaban J connectivity index is 1.31. The second-order valence-corrected chi connectivity index (χ2v) is 9.03. The molecule has 3 aliphatic heterocycles. The number of anilines is 1. The monoisotopic (exact) mass is 431 g/mol. The van der Waals surface area contributed by atoms with Crippen molar-refractivity contribution >= 4 is 23.6 Å². The lowest BCUT2D eigenvalue weighted by atomic mass is 9.72. The van der Waals surface area contributed by atoms with Crippen molar-refractivity contribution in [2.75, 3.05) is 37.7 Å². The molecule has 1 atom stereocenters. The summed E-state index contributed by atoms with van der Waals surface area (Å²) in [5.41, 5.74) is 1.26. The van der Waals surface area contributed by atoms with E-state index in [0.717, 1.165) is 38.8 Å². The number of rotatable bonds is 5. The van der Waals surface area contributed by atoms with Crippen LogP contribution in [0.1, 0.15) is 56.9 Å². The fourth-order valence-electron chi connectivity index (χ4n) is 4.83. The molecule has 168 valence electrons. The molecule has 3 amide bonds. The fraction of sp³-hybridized carbons (Fsp3) is 0.609. The number of carbonyl (C=O) groups excluding carboxylic acids is 3. The van der Waals surface area contributed by atoms with Gasteiger partial charge in [0.1, 0.15) is 5.82 Å². The first-order chi connectivity index (χ1) is 14.9. The quantitative estimate of drug-likeness (QED) is 0.572. The number of imide groups is 1. The van der Waals surface area contributed by atoms with Crippen LogP contribution in [0.3, 0.4) is 0 Å². The highest BCUT2D eigenvalue weighted by molar-refractivity contribution is 6.00. The Hall–Kier alpha value is -2.64. The molecule has 0 radical (unpaired) electrons. The molecule has 4 rings (SSSR count). The molecule has 1 aromatic carbocycles. The summed E-state index contributed by atoms with van der Waals surface area (Å²) in [6, 6.07) is 4.96. The lowest BCUT2D eigenvalue weighted by Crippen LogP contribution is -2.62. The summed E-state index contributed by atoms with van der Waals surface area (Å²) in [6.07, 6.45) is 4.15.